The molecule has 0 aliphatic heterocycles. The van der Waals surface area contributed by atoms with E-state index < -0.39 is 0 Å². The monoisotopic (exact) mass is 284 g/mol. The molecule has 1 aromatic heterocycles. The van der Waals surface area contributed by atoms with Crippen LogP contribution in [0.15, 0.2) is 12.1 Å². The summed E-state index contributed by atoms with van der Waals surface area (Å²) in [6.45, 7) is 11.9. The summed E-state index contributed by atoms with van der Waals surface area (Å²) >= 11 is 1.88. The van der Waals surface area contributed by atoms with Gasteiger partial charge in [0.25, 0.3) is 0 Å². The number of likely N-dealkylation sites (N-methyl/N-ethyl adjacent to an activating group) is 1. The van der Waals surface area contributed by atoms with E-state index in [4.69, 9.17) is 10.5 Å². The molecule has 1 unspecified atom stereocenters. The van der Waals surface area contributed by atoms with Crippen LogP contribution in [0.3, 0.4) is 0 Å². The highest BCUT2D eigenvalue weighted by molar-refractivity contribution is 7.12. The van der Waals surface area contributed by atoms with Crippen LogP contribution in [-0.4, -0.2) is 38.3 Å². The smallest absolute Gasteiger partial charge is 0.0593 e. The van der Waals surface area contributed by atoms with Crippen LogP contribution in [0, 0.1) is 0 Å². The van der Waals surface area contributed by atoms with Crippen LogP contribution in [0.1, 0.15) is 43.5 Å². The second-order valence-corrected chi connectivity index (χ2v) is 7.00. The molecule has 0 aliphatic rings. The maximum absolute atomic E-state index is 5.95. The molecule has 110 valence electrons. The van der Waals surface area contributed by atoms with E-state index in [2.05, 4.69) is 44.9 Å². The van der Waals surface area contributed by atoms with E-state index >= 15 is 0 Å². The maximum atomic E-state index is 5.95. The maximum Gasteiger partial charge on any atom is 0.0593 e. The molecule has 1 aromatic rings. The van der Waals surface area contributed by atoms with E-state index in [1.165, 1.54) is 9.75 Å². The highest BCUT2D eigenvalue weighted by atomic mass is 32.1. The zero-order valence-electron chi connectivity index (χ0n) is 12.9. The van der Waals surface area contributed by atoms with Crippen molar-refractivity contribution in [2.24, 2.45) is 5.73 Å². The second kappa shape index (κ2) is 7.39. The Hall–Kier alpha value is -0.420. The van der Waals surface area contributed by atoms with E-state index in [-0.39, 0.29) is 5.41 Å². The molecule has 0 saturated carbocycles. The summed E-state index contributed by atoms with van der Waals surface area (Å²) in [6, 6.07) is 4.75. The molecule has 1 heterocycles. The molecule has 0 bridgehead atoms. The first-order chi connectivity index (χ1) is 8.90. The van der Waals surface area contributed by atoms with E-state index in [0.29, 0.717) is 12.6 Å². The summed E-state index contributed by atoms with van der Waals surface area (Å²) < 4.78 is 5.42. The zero-order valence-corrected chi connectivity index (χ0v) is 13.7. The van der Waals surface area contributed by atoms with Crippen molar-refractivity contribution < 1.29 is 4.74 Å². The highest BCUT2D eigenvalue weighted by Gasteiger charge is 2.21. The van der Waals surface area contributed by atoms with Crippen molar-refractivity contribution in [1.29, 1.82) is 0 Å². The lowest BCUT2D eigenvalue weighted by Gasteiger charge is -2.26. The average Bonchev–Trinajstić information content (AvgIpc) is 2.79. The molecule has 1 rings (SSSR count). The van der Waals surface area contributed by atoms with Gasteiger partial charge in [0, 0.05) is 29.5 Å². The quantitative estimate of drug-likeness (QED) is 0.782. The lowest BCUT2D eigenvalue weighted by Crippen LogP contribution is -2.32. The number of thiophene rings is 1. The lowest BCUT2D eigenvalue weighted by molar-refractivity contribution is 0.109. The Kier molecular flexibility index (Phi) is 6.47. The summed E-state index contributed by atoms with van der Waals surface area (Å²) in [6.07, 6.45) is 0. The molecule has 0 aromatic carbocycles. The molecular weight excluding hydrogens is 256 g/mol. The average molecular weight is 284 g/mol. The van der Waals surface area contributed by atoms with Crippen LogP contribution in [-0.2, 0) is 10.2 Å². The first kappa shape index (κ1) is 16.6. The largest absolute Gasteiger partial charge is 0.380 e. The van der Waals surface area contributed by atoms with E-state index in [1.807, 2.05) is 18.3 Å². The molecule has 3 nitrogen and oxygen atoms in total. The normalized spacial score (nSPS) is 14.1. The fourth-order valence-corrected chi connectivity index (χ4v) is 3.20. The molecule has 2 N–H and O–H groups in total. The molecular formula is C15H28N2OS. The molecule has 0 saturated heterocycles. The van der Waals surface area contributed by atoms with Crippen molar-refractivity contribution >= 4 is 11.3 Å². The predicted octanol–water partition coefficient (Wildman–Crippen LogP) is 3.01. The van der Waals surface area contributed by atoms with Gasteiger partial charge in [0.2, 0.25) is 0 Å². The standard InChI is InChI=1S/C15H28N2OS/c1-6-18-10-9-17(5)12(11-16)13-7-8-14(19-13)15(2,3)4/h7-8,12H,6,9-11,16H2,1-5H3. The SMILES string of the molecule is CCOCCN(C)C(CN)c1ccc(C(C)(C)C)s1. The second-order valence-electron chi connectivity index (χ2n) is 5.88. The van der Waals surface area contributed by atoms with Crippen LogP contribution in [0.4, 0.5) is 0 Å². The van der Waals surface area contributed by atoms with Gasteiger partial charge >= 0.3 is 0 Å². The number of rotatable bonds is 7. The van der Waals surface area contributed by atoms with Gasteiger partial charge in [-0.2, -0.15) is 0 Å². The zero-order chi connectivity index (χ0) is 14.5. The summed E-state index contributed by atoms with van der Waals surface area (Å²) in [7, 11) is 2.12. The first-order valence-electron chi connectivity index (χ1n) is 6.98. The van der Waals surface area contributed by atoms with Gasteiger partial charge in [0.05, 0.1) is 12.6 Å². The first-order valence-corrected chi connectivity index (χ1v) is 7.80. The molecule has 0 amide bonds. The Balaban J connectivity index is 2.71. The van der Waals surface area contributed by atoms with E-state index in [0.717, 1.165) is 19.8 Å². The fraction of sp³-hybridized carbons (Fsp3) is 0.733. The van der Waals surface area contributed by atoms with Gasteiger partial charge in [-0.25, -0.2) is 0 Å². The number of ether oxygens (including phenoxy) is 1. The fourth-order valence-electron chi connectivity index (χ4n) is 1.96. The van der Waals surface area contributed by atoms with Gasteiger partial charge in [-0.1, -0.05) is 20.8 Å². The van der Waals surface area contributed by atoms with Crippen molar-refractivity contribution in [1.82, 2.24) is 4.90 Å². The molecule has 19 heavy (non-hydrogen) atoms. The third kappa shape index (κ3) is 4.88. The Morgan fingerprint density at radius 2 is 2.05 bits per heavy atom. The minimum atomic E-state index is 0.214. The van der Waals surface area contributed by atoms with Crippen molar-refractivity contribution in [3.63, 3.8) is 0 Å². The van der Waals surface area contributed by atoms with Gasteiger partial charge in [0.15, 0.2) is 0 Å². The van der Waals surface area contributed by atoms with Gasteiger partial charge in [0.1, 0.15) is 0 Å². The van der Waals surface area contributed by atoms with Crippen LogP contribution >= 0.6 is 11.3 Å². The van der Waals surface area contributed by atoms with Crippen molar-refractivity contribution in [2.75, 3.05) is 33.4 Å². The van der Waals surface area contributed by atoms with Crippen molar-refractivity contribution in [3.8, 4) is 0 Å². The van der Waals surface area contributed by atoms with Crippen LogP contribution in [0.5, 0.6) is 0 Å². The number of nitrogens with two attached hydrogens (primary N) is 1. The topological polar surface area (TPSA) is 38.5 Å². The molecule has 0 fully saturated rings. The van der Waals surface area contributed by atoms with Gasteiger partial charge in [-0.05, 0) is 31.5 Å². The Morgan fingerprint density at radius 1 is 1.37 bits per heavy atom. The van der Waals surface area contributed by atoms with Gasteiger partial charge < -0.3 is 10.5 Å². The van der Waals surface area contributed by atoms with Crippen LogP contribution in [0.25, 0.3) is 0 Å². The van der Waals surface area contributed by atoms with Gasteiger partial charge in [-0.3, -0.25) is 4.90 Å². The van der Waals surface area contributed by atoms with Crippen molar-refractivity contribution in [2.45, 2.75) is 39.2 Å². The Morgan fingerprint density at radius 3 is 2.53 bits per heavy atom. The van der Waals surface area contributed by atoms with Crippen LogP contribution in [0.2, 0.25) is 0 Å². The Labute approximate surface area is 121 Å². The number of hydrogen-bond donors (Lipinski definition) is 1. The summed E-state index contributed by atoms with van der Waals surface area (Å²) in [5.74, 6) is 0. The molecule has 1 atom stereocenters. The number of hydrogen-bond acceptors (Lipinski definition) is 4. The van der Waals surface area contributed by atoms with E-state index in [1.54, 1.807) is 0 Å². The highest BCUT2D eigenvalue weighted by Crippen LogP contribution is 2.33. The Bertz CT molecular complexity index is 370. The summed E-state index contributed by atoms with van der Waals surface area (Å²) in [5, 5.41) is 0. The minimum absolute atomic E-state index is 0.214. The van der Waals surface area contributed by atoms with Gasteiger partial charge in [-0.15, -0.1) is 11.3 Å². The summed E-state index contributed by atoms with van der Waals surface area (Å²) in [4.78, 5) is 5.05. The molecule has 0 spiro atoms. The molecule has 0 radical (unpaired) electrons. The van der Waals surface area contributed by atoms with E-state index in [9.17, 15) is 0 Å². The lowest BCUT2D eigenvalue weighted by atomic mass is 9.95. The number of nitrogens with zero attached hydrogens (tertiary/aromatic N) is 1. The third-order valence-electron chi connectivity index (χ3n) is 3.24. The van der Waals surface area contributed by atoms with Crippen LogP contribution < -0.4 is 5.73 Å². The summed E-state index contributed by atoms with van der Waals surface area (Å²) in [5.41, 5.74) is 6.17. The predicted molar refractivity (Wildman–Crippen MR) is 83.9 cm³/mol. The third-order valence-corrected chi connectivity index (χ3v) is 4.85. The molecule has 4 heteroatoms. The minimum Gasteiger partial charge on any atom is -0.380 e. The molecule has 0 aliphatic carbocycles. The van der Waals surface area contributed by atoms with Crippen molar-refractivity contribution in [3.05, 3.63) is 21.9 Å².